The molecule has 1 amide bonds. The third-order valence-electron chi connectivity index (χ3n) is 4.14. The minimum atomic E-state index is -1.07. The van der Waals surface area contributed by atoms with E-state index < -0.39 is 17.4 Å². The Kier molecular flexibility index (Phi) is 4.23. The molecule has 2 heterocycles. The van der Waals surface area contributed by atoms with E-state index in [0.717, 1.165) is 4.68 Å². The van der Waals surface area contributed by atoms with Crippen molar-refractivity contribution < 1.29 is 19.5 Å². The molecule has 26 heavy (non-hydrogen) atoms. The van der Waals surface area contributed by atoms with Gasteiger partial charge in [0.2, 0.25) is 0 Å². The van der Waals surface area contributed by atoms with Crippen molar-refractivity contribution in [2.45, 2.75) is 33.2 Å². The van der Waals surface area contributed by atoms with Crippen molar-refractivity contribution in [3.8, 4) is 0 Å². The number of H-pyrrole nitrogens is 1. The molecule has 9 heteroatoms. The highest BCUT2D eigenvalue weighted by Crippen LogP contribution is 2.33. The van der Waals surface area contributed by atoms with Gasteiger partial charge in [0, 0.05) is 29.9 Å². The molecule has 0 aliphatic heterocycles. The first-order valence-corrected chi connectivity index (χ1v) is 8.01. The number of anilines is 1. The van der Waals surface area contributed by atoms with Crippen molar-refractivity contribution in [3.05, 3.63) is 45.5 Å². The molecule has 0 saturated heterocycles. The number of Topliss-reactive ketones (excluding diaryl/α,β-unsaturated/α-hetero) is 1. The molecule has 0 saturated carbocycles. The van der Waals surface area contributed by atoms with Gasteiger partial charge in [0.25, 0.3) is 11.5 Å². The number of rotatable bonds is 4. The van der Waals surface area contributed by atoms with Crippen LogP contribution in [0.15, 0.2) is 23.1 Å². The predicted molar refractivity (Wildman–Crippen MR) is 91.3 cm³/mol. The zero-order valence-corrected chi connectivity index (χ0v) is 14.3. The molecule has 0 unspecified atom stereocenters. The number of aromatic nitrogens is 3. The molecule has 2 aromatic rings. The second kappa shape index (κ2) is 6.25. The summed E-state index contributed by atoms with van der Waals surface area (Å²) in [6, 6.07) is 2.73. The molecule has 0 atom stereocenters. The van der Waals surface area contributed by atoms with Crippen molar-refractivity contribution in [2.24, 2.45) is 5.41 Å². The van der Waals surface area contributed by atoms with Crippen LogP contribution in [-0.4, -0.2) is 37.5 Å². The van der Waals surface area contributed by atoms with Gasteiger partial charge in [-0.2, -0.15) is 5.10 Å². The first-order chi connectivity index (χ1) is 12.1. The van der Waals surface area contributed by atoms with Gasteiger partial charge in [0.15, 0.2) is 11.6 Å². The van der Waals surface area contributed by atoms with Gasteiger partial charge >= 0.3 is 5.97 Å². The highest BCUT2D eigenvalue weighted by molar-refractivity contribution is 6.06. The lowest BCUT2D eigenvalue weighted by Crippen LogP contribution is -2.32. The zero-order chi connectivity index (χ0) is 19.1. The fourth-order valence-electron chi connectivity index (χ4n) is 3.04. The lowest BCUT2D eigenvalue weighted by Gasteiger charge is -2.29. The molecule has 0 bridgehead atoms. The molecular weight excluding hydrogens is 340 g/mol. The predicted octanol–water partition coefficient (Wildman–Crippen LogP) is 1.06. The first-order valence-electron chi connectivity index (χ1n) is 8.01. The number of aromatic amines is 1. The molecule has 1 aliphatic rings. The van der Waals surface area contributed by atoms with Crippen LogP contribution < -0.4 is 10.9 Å². The fraction of sp³-hybridized carbons (Fsp3) is 0.353. The Morgan fingerprint density at radius 3 is 2.77 bits per heavy atom. The summed E-state index contributed by atoms with van der Waals surface area (Å²) in [5.41, 5.74) is -0.126. The molecule has 0 radical (unpaired) electrons. The number of hydrogen-bond acceptors (Lipinski definition) is 5. The maximum absolute atomic E-state index is 12.4. The third-order valence-corrected chi connectivity index (χ3v) is 4.14. The van der Waals surface area contributed by atoms with Gasteiger partial charge in [0.1, 0.15) is 12.1 Å². The van der Waals surface area contributed by atoms with E-state index in [0.29, 0.717) is 24.1 Å². The molecule has 2 aromatic heterocycles. The van der Waals surface area contributed by atoms with Crippen LogP contribution >= 0.6 is 0 Å². The van der Waals surface area contributed by atoms with E-state index in [2.05, 4.69) is 15.4 Å². The molecular formula is C17H18N4O5. The van der Waals surface area contributed by atoms with E-state index in [9.17, 15) is 19.2 Å². The molecule has 136 valence electrons. The fourth-order valence-corrected chi connectivity index (χ4v) is 3.04. The Morgan fingerprint density at radius 1 is 1.35 bits per heavy atom. The summed E-state index contributed by atoms with van der Waals surface area (Å²) >= 11 is 0. The SMILES string of the molecule is CC1(C)CC(=O)c2cc(C(=O)Nc3ccn(CC(=O)O)n3)c(=O)[nH]c2C1. The number of carbonyl (C=O) groups excluding carboxylic acids is 2. The summed E-state index contributed by atoms with van der Waals surface area (Å²) in [5, 5.41) is 15.0. The smallest absolute Gasteiger partial charge is 0.325 e. The number of nitrogens with zero attached hydrogens (tertiary/aromatic N) is 2. The number of pyridine rings is 1. The third kappa shape index (κ3) is 3.56. The van der Waals surface area contributed by atoms with Gasteiger partial charge in [-0.3, -0.25) is 23.9 Å². The number of ketones is 1. The minimum Gasteiger partial charge on any atom is -0.480 e. The summed E-state index contributed by atoms with van der Waals surface area (Å²) in [5.74, 6) is -1.79. The van der Waals surface area contributed by atoms with Crippen LogP contribution in [0.1, 0.15) is 46.7 Å². The Morgan fingerprint density at radius 2 is 2.08 bits per heavy atom. The molecule has 9 nitrogen and oxygen atoms in total. The molecule has 3 rings (SSSR count). The van der Waals surface area contributed by atoms with Crippen LogP contribution in [0.3, 0.4) is 0 Å². The number of carbonyl (C=O) groups is 3. The van der Waals surface area contributed by atoms with E-state index in [1.54, 1.807) is 0 Å². The zero-order valence-electron chi connectivity index (χ0n) is 14.3. The standard InChI is InChI=1S/C17H18N4O5/c1-17(2)6-11-9(12(22)7-17)5-10(15(25)18-11)16(26)19-13-3-4-21(20-13)8-14(23)24/h3-5H,6-8H2,1-2H3,(H,18,25)(H,23,24)(H,19,20,26). The highest BCUT2D eigenvalue weighted by atomic mass is 16.4. The van der Waals surface area contributed by atoms with Gasteiger partial charge in [-0.05, 0) is 17.9 Å². The van der Waals surface area contributed by atoms with Crippen molar-refractivity contribution >= 4 is 23.5 Å². The summed E-state index contributed by atoms with van der Waals surface area (Å²) in [7, 11) is 0. The van der Waals surface area contributed by atoms with Gasteiger partial charge in [-0.25, -0.2) is 0 Å². The number of carboxylic acid groups (broad SMARTS) is 1. The number of carboxylic acids is 1. The van der Waals surface area contributed by atoms with E-state index in [1.165, 1.54) is 18.3 Å². The largest absolute Gasteiger partial charge is 0.480 e. The van der Waals surface area contributed by atoms with Crippen molar-refractivity contribution in [1.82, 2.24) is 14.8 Å². The average Bonchev–Trinajstić information content (AvgIpc) is 2.91. The normalized spacial score (nSPS) is 15.4. The number of hydrogen-bond donors (Lipinski definition) is 3. The maximum Gasteiger partial charge on any atom is 0.325 e. The van der Waals surface area contributed by atoms with Crippen LogP contribution in [0.5, 0.6) is 0 Å². The molecule has 1 aliphatic carbocycles. The van der Waals surface area contributed by atoms with Crippen molar-refractivity contribution in [1.29, 1.82) is 0 Å². The molecule has 3 N–H and O–H groups in total. The Hall–Kier alpha value is -3.23. The van der Waals surface area contributed by atoms with Crippen LogP contribution in [0.25, 0.3) is 0 Å². The van der Waals surface area contributed by atoms with Crippen molar-refractivity contribution in [2.75, 3.05) is 5.32 Å². The Bertz CT molecular complexity index is 970. The number of aliphatic carboxylic acids is 1. The number of nitrogens with one attached hydrogen (secondary N) is 2. The van der Waals surface area contributed by atoms with Gasteiger partial charge in [-0.1, -0.05) is 13.8 Å². The van der Waals surface area contributed by atoms with Crippen LogP contribution in [-0.2, 0) is 17.8 Å². The molecule has 0 fully saturated rings. The van der Waals surface area contributed by atoms with Crippen LogP contribution in [0.4, 0.5) is 5.82 Å². The number of amides is 1. The van der Waals surface area contributed by atoms with Crippen molar-refractivity contribution in [3.63, 3.8) is 0 Å². The topological polar surface area (TPSA) is 134 Å². The van der Waals surface area contributed by atoms with Gasteiger partial charge in [-0.15, -0.1) is 0 Å². The van der Waals surface area contributed by atoms with Gasteiger partial charge < -0.3 is 15.4 Å². The van der Waals surface area contributed by atoms with E-state index in [-0.39, 0.29) is 29.1 Å². The highest BCUT2D eigenvalue weighted by Gasteiger charge is 2.32. The minimum absolute atomic E-state index is 0.112. The quantitative estimate of drug-likeness (QED) is 0.748. The summed E-state index contributed by atoms with van der Waals surface area (Å²) in [6.45, 7) is 3.54. The molecule has 0 spiro atoms. The van der Waals surface area contributed by atoms with Gasteiger partial charge in [0.05, 0.1) is 0 Å². The second-order valence-corrected chi connectivity index (χ2v) is 7.09. The lowest BCUT2D eigenvalue weighted by molar-refractivity contribution is -0.137. The summed E-state index contributed by atoms with van der Waals surface area (Å²) in [6.07, 6.45) is 2.28. The van der Waals surface area contributed by atoms with E-state index >= 15 is 0 Å². The second-order valence-electron chi connectivity index (χ2n) is 7.09. The summed E-state index contributed by atoms with van der Waals surface area (Å²) in [4.78, 5) is 50.3. The van der Waals surface area contributed by atoms with E-state index in [4.69, 9.17) is 5.11 Å². The van der Waals surface area contributed by atoms with Crippen LogP contribution in [0.2, 0.25) is 0 Å². The van der Waals surface area contributed by atoms with E-state index in [1.807, 2.05) is 13.8 Å². The average molecular weight is 358 g/mol. The van der Waals surface area contributed by atoms with Crippen LogP contribution in [0, 0.1) is 5.41 Å². The maximum atomic E-state index is 12.4. The number of fused-ring (bicyclic) bond motifs is 1. The molecule has 0 aromatic carbocycles. The monoisotopic (exact) mass is 358 g/mol. The first kappa shape index (κ1) is 17.6. The lowest BCUT2D eigenvalue weighted by atomic mass is 9.75. The Labute approximate surface area is 148 Å². The Balaban J connectivity index is 1.85. The summed E-state index contributed by atoms with van der Waals surface area (Å²) < 4.78 is 1.14.